The van der Waals surface area contributed by atoms with Gasteiger partial charge in [0.05, 0.1) is 11.7 Å². The van der Waals surface area contributed by atoms with Crippen molar-refractivity contribution < 1.29 is 0 Å². The topological polar surface area (TPSA) is 9.72 Å². The number of rotatable bonds is 13. The van der Waals surface area contributed by atoms with E-state index in [2.05, 4.69) is 302 Å². The smallest absolute Gasteiger partial charge is 0.0560 e. The van der Waals surface area contributed by atoms with Gasteiger partial charge in [0.1, 0.15) is 0 Å². The number of allylic oxidation sites excluding steroid dienone is 6. The molecule has 0 amide bonds. The molecule has 3 heteroatoms. The molecule has 0 aliphatic heterocycles. The molecular formula is C71H59N3. The van der Waals surface area contributed by atoms with Crippen molar-refractivity contribution in [2.75, 3.05) is 14.7 Å². The highest BCUT2D eigenvalue weighted by Gasteiger charge is 2.27. The average Bonchev–Trinajstić information content (AvgIpc) is 3.46. The van der Waals surface area contributed by atoms with Gasteiger partial charge in [-0.1, -0.05) is 188 Å². The maximum absolute atomic E-state index is 2.58. The number of aryl methyl sites for hydroxylation is 2. The number of para-hydroxylation sites is 3. The monoisotopic (exact) mass is 953 g/mol. The Morgan fingerprint density at radius 1 is 0.392 bits per heavy atom. The minimum atomic E-state index is 0.146. The van der Waals surface area contributed by atoms with Crippen molar-refractivity contribution in [3.63, 3.8) is 0 Å². The van der Waals surface area contributed by atoms with Crippen LogP contribution in [0.4, 0.5) is 45.5 Å². The molecule has 0 saturated carbocycles. The lowest BCUT2D eigenvalue weighted by atomic mass is 9.82. The zero-order valence-corrected chi connectivity index (χ0v) is 42.1. The van der Waals surface area contributed by atoms with Gasteiger partial charge in [0.15, 0.2) is 0 Å². The van der Waals surface area contributed by atoms with Crippen LogP contribution >= 0.6 is 0 Å². The fourth-order valence-electron chi connectivity index (χ4n) is 11.6. The van der Waals surface area contributed by atoms with Crippen molar-refractivity contribution in [1.82, 2.24) is 0 Å². The van der Waals surface area contributed by atoms with E-state index in [1.54, 1.807) is 0 Å². The largest absolute Gasteiger partial charge is 0.334 e. The van der Waals surface area contributed by atoms with Gasteiger partial charge < -0.3 is 14.7 Å². The first kappa shape index (κ1) is 46.2. The van der Waals surface area contributed by atoms with Crippen molar-refractivity contribution in [3.8, 4) is 11.1 Å². The van der Waals surface area contributed by atoms with Crippen LogP contribution in [0.5, 0.6) is 0 Å². The SMILES string of the molecule is Cc1cc(N(c2ccccc2)c2ccc(N(c3ccccc3)c3ccccc3)cc2)c2ccccc2c1-c1c(C)cc(N(c2ccc(C(C3=CCCC=C3)c3ccccc3)cc2)C2C=CC=CC2)c2ccccc12. The van der Waals surface area contributed by atoms with Gasteiger partial charge in [-0.15, -0.1) is 0 Å². The standard InChI is InChI=1S/C71H59N3/c1-51-49-67(73(58-33-17-7-18-34-58)61-43-41-55(42-44-61)71(53-25-9-3-10-26-53)54-27-11-4-12-28-54)63-37-21-23-39-65(63)69(51)70-52(2)50-68(64-38-22-24-40-66(64)70)74(59-35-19-8-20-36-59)62-47-45-60(46-48-62)72(56-29-13-5-14-30-56)57-31-15-6-16-32-57/h3,5-11,13-33,35-50,58,71H,4,12,34H2,1-2H3. The van der Waals surface area contributed by atoms with Crippen molar-refractivity contribution in [2.45, 2.75) is 45.1 Å². The highest BCUT2D eigenvalue weighted by molar-refractivity contribution is 6.14. The summed E-state index contributed by atoms with van der Waals surface area (Å²) in [6, 6.07) is 84.5. The van der Waals surface area contributed by atoms with Crippen molar-refractivity contribution in [3.05, 3.63) is 301 Å². The van der Waals surface area contributed by atoms with Crippen LogP contribution in [0.3, 0.4) is 0 Å². The van der Waals surface area contributed by atoms with Gasteiger partial charge in [0.25, 0.3) is 0 Å². The Morgan fingerprint density at radius 2 is 0.838 bits per heavy atom. The number of anilines is 8. The molecule has 2 aliphatic rings. The van der Waals surface area contributed by atoms with Crippen LogP contribution in [0, 0.1) is 13.8 Å². The van der Waals surface area contributed by atoms with Gasteiger partial charge in [-0.05, 0) is 168 Å². The Hall–Kier alpha value is -8.92. The van der Waals surface area contributed by atoms with Gasteiger partial charge in [-0.25, -0.2) is 0 Å². The zero-order valence-electron chi connectivity index (χ0n) is 42.1. The quantitative estimate of drug-likeness (QED) is 0.114. The second kappa shape index (κ2) is 20.7. The minimum Gasteiger partial charge on any atom is -0.334 e. The molecule has 358 valence electrons. The molecule has 0 bridgehead atoms. The summed E-state index contributed by atoms with van der Waals surface area (Å²) >= 11 is 0. The number of nitrogens with zero attached hydrogens (tertiary/aromatic N) is 3. The molecular weight excluding hydrogens is 895 g/mol. The maximum Gasteiger partial charge on any atom is 0.0560 e. The highest BCUT2D eigenvalue weighted by Crippen LogP contribution is 2.49. The van der Waals surface area contributed by atoms with Crippen LogP contribution in [0.1, 0.15) is 47.4 Å². The summed E-state index contributed by atoms with van der Waals surface area (Å²) in [4.78, 5) is 7.32. The van der Waals surface area contributed by atoms with E-state index >= 15 is 0 Å². The molecule has 0 fully saturated rings. The molecule has 0 aromatic heterocycles. The lowest BCUT2D eigenvalue weighted by Crippen LogP contribution is -2.30. The molecule has 10 aromatic rings. The third-order valence-corrected chi connectivity index (χ3v) is 14.9. The highest BCUT2D eigenvalue weighted by atomic mass is 15.2. The first-order valence-electron chi connectivity index (χ1n) is 26.1. The molecule has 0 saturated heterocycles. The fourth-order valence-corrected chi connectivity index (χ4v) is 11.6. The molecule has 3 nitrogen and oxygen atoms in total. The van der Waals surface area contributed by atoms with E-state index < -0.39 is 0 Å². The van der Waals surface area contributed by atoms with Crippen molar-refractivity contribution in [2.24, 2.45) is 0 Å². The van der Waals surface area contributed by atoms with Crippen LogP contribution in [0.2, 0.25) is 0 Å². The van der Waals surface area contributed by atoms with E-state index in [4.69, 9.17) is 0 Å². The van der Waals surface area contributed by atoms with Gasteiger partial charge in [0, 0.05) is 56.5 Å². The minimum absolute atomic E-state index is 0.146. The van der Waals surface area contributed by atoms with E-state index in [-0.39, 0.29) is 12.0 Å². The van der Waals surface area contributed by atoms with Crippen molar-refractivity contribution >= 4 is 67.0 Å². The number of hydrogen-bond donors (Lipinski definition) is 0. The van der Waals surface area contributed by atoms with Crippen LogP contribution in [0.25, 0.3) is 32.7 Å². The Bertz CT molecular complexity index is 3670. The molecule has 0 spiro atoms. The fraction of sp³-hybridized carbons (Fsp3) is 0.0986. The summed E-state index contributed by atoms with van der Waals surface area (Å²) in [5.41, 5.74) is 18.0. The molecule has 0 heterocycles. The van der Waals surface area contributed by atoms with Gasteiger partial charge in [-0.2, -0.15) is 0 Å². The third-order valence-electron chi connectivity index (χ3n) is 14.9. The normalized spacial score (nSPS) is 14.5. The van der Waals surface area contributed by atoms with Crippen molar-refractivity contribution in [1.29, 1.82) is 0 Å². The molecule has 10 aromatic carbocycles. The van der Waals surface area contributed by atoms with E-state index in [0.717, 1.165) is 53.4 Å². The number of hydrogen-bond acceptors (Lipinski definition) is 3. The van der Waals surface area contributed by atoms with Crippen LogP contribution in [-0.4, -0.2) is 6.04 Å². The summed E-state index contributed by atoms with van der Waals surface area (Å²) in [6.45, 7) is 4.61. The Kier molecular flexibility index (Phi) is 12.9. The molecule has 0 radical (unpaired) electrons. The summed E-state index contributed by atoms with van der Waals surface area (Å²) in [5.74, 6) is 0.177. The summed E-state index contributed by atoms with van der Waals surface area (Å²) in [5, 5.41) is 4.90. The summed E-state index contributed by atoms with van der Waals surface area (Å²) in [6.07, 6.45) is 19.2. The third kappa shape index (κ3) is 8.92. The van der Waals surface area contributed by atoms with E-state index in [9.17, 15) is 0 Å². The molecule has 2 aliphatic carbocycles. The lowest BCUT2D eigenvalue weighted by molar-refractivity contribution is 0.786. The number of benzene rings is 10. The second-order valence-electron chi connectivity index (χ2n) is 19.6. The number of fused-ring (bicyclic) bond motifs is 2. The molecule has 2 unspecified atom stereocenters. The van der Waals surface area contributed by atoms with E-state index in [0.29, 0.717) is 0 Å². The van der Waals surface area contributed by atoms with E-state index in [1.165, 1.54) is 71.9 Å². The maximum atomic E-state index is 2.58. The predicted molar refractivity (Wildman–Crippen MR) is 316 cm³/mol. The van der Waals surface area contributed by atoms with E-state index in [1.807, 2.05) is 0 Å². The van der Waals surface area contributed by atoms with Crippen LogP contribution < -0.4 is 14.7 Å². The van der Waals surface area contributed by atoms with Gasteiger partial charge in [-0.3, -0.25) is 0 Å². The van der Waals surface area contributed by atoms with Gasteiger partial charge in [0.2, 0.25) is 0 Å². The average molecular weight is 954 g/mol. The first-order valence-corrected chi connectivity index (χ1v) is 26.1. The molecule has 74 heavy (non-hydrogen) atoms. The second-order valence-corrected chi connectivity index (χ2v) is 19.6. The summed E-state index contributed by atoms with van der Waals surface area (Å²) < 4.78 is 0. The Morgan fingerprint density at radius 3 is 1.36 bits per heavy atom. The zero-order chi connectivity index (χ0) is 49.8. The lowest BCUT2D eigenvalue weighted by Gasteiger charge is -2.35. The van der Waals surface area contributed by atoms with Crippen LogP contribution in [-0.2, 0) is 0 Å². The first-order chi connectivity index (χ1) is 36.6. The molecule has 2 atom stereocenters. The Balaban J connectivity index is 0.972. The molecule has 12 rings (SSSR count). The van der Waals surface area contributed by atoms with Gasteiger partial charge >= 0.3 is 0 Å². The Labute approximate surface area is 436 Å². The van der Waals surface area contributed by atoms with Crippen LogP contribution in [0.15, 0.2) is 279 Å². The summed E-state index contributed by atoms with van der Waals surface area (Å²) in [7, 11) is 0. The molecule has 0 N–H and O–H groups in total. The predicted octanol–water partition coefficient (Wildman–Crippen LogP) is 19.6.